The highest BCUT2D eigenvalue weighted by atomic mass is 16.4. The van der Waals surface area contributed by atoms with Gasteiger partial charge in [-0.1, -0.05) is 0 Å². The van der Waals surface area contributed by atoms with E-state index < -0.39 is 5.97 Å². The highest BCUT2D eigenvalue weighted by Crippen LogP contribution is 2.23. The van der Waals surface area contributed by atoms with Crippen LogP contribution in [-0.4, -0.2) is 33.7 Å². The normalized spacial score (nSPS) is 16.0. The van der Waals surface area contributed by atoms with E-state index in [0.29, 0.717) is 12.8 Å². The molecule has 0 atom stereocenters. The fourth-order valence-corrected chi connectivity index (χ4v) is 3.13. The Kier molecular flexibility index (Phi) is 3.88. The Bertz CT molecular complexity index is 648. The van der Waals surface area contributed by atoms with Crippen LogP contribution >= 0.6 is 0 Å². The number of hydrogen-bond donors (Lipinski definition) is 1. The summed E-state index contributed by atoms with van der Waals surface area (Å²) in [5.41, 5.74) is 3.44. The van der Waals surface area contributed by atoms with Crippen molar-refractivity contribution in [3.63, 3.8) is 0 Å². The van der Waals surface area contributed by atoms with Crippen molar-refractivity contribution in [1.82, 2.24) is 9.55 Å². The predicted molar refractivity (Wildman–Crippen MR) is 85.6 cm³/mol. The van der Waals surface area contributed by atoms with Gasteiger partial charge in [0.1, 0.15) is 5.82 Å². The second-order valence-corrected chi connectivity index (χ2v) is 5.93. The Morgan fingerprint density at radius 3 is 2.27 bits per heavy atom. The van der Waals surface area contributed by atoms with Crippen LogP contribution in [0.25, 0.3) is 5.69 Å². The quantitative estimate of drug-likeness (QED) is 0.947. The molecule has 3 rings (SSSR count). The van der Waals surface area contributed by atoms with E-state index in [1.807, 2.05) is 12.3 Å². The molecule has 1 aliphatic rings. The number of rotatable bonds is 3. The van der Waals surface area contributed by atoms with Crippen LogP contribution in [0.15, 0.2) is 30.5 Å². The molecule has 2 aromatic rings. The highest BCUT2D eigenvalue weighted by Gasteiger charge is 2.25. The van der Waals surface area contributed by atoms with Gasteiger partial charge in [0.2, 0.25) is 0 Å². The van der Waals surface area contributed by atoms with Crippen molar-refractivity contribution in [3.05, 3.63) is 41.9 Å². The molecule has 116 valence electrons. The standard InChI is InChI=1S/C17H21N3O2/c1-12-3-4-13(2)20(12)15-5-6-16(18-11-15)19-9-7-14(8-10-19)17(21)22/h3-6,11,14H,7-10H2,1-2H3,(H,21,22). The Balaban J connectivity index is 1.74. The summed E-state index contributed by atoms with van der Waals surface area (Å²) in [6.07, 6.45) is 3.27. The largest absolute Gasteiger partial charge is 0.481 e. The van der Waals surface area contributed by atoms with Crippen LogP contribution in [0.1, 0.15) is 24.2 Å². The molecule has 0 bridgehead atoms. The zero-order valence-electron chi connectivity index (χ0n) is 13.0. The van der Waals surface area contributed by atoms with E-state index in [9.17, 15) is 4.79 Å². The molecule has 3 heterocycles. The first-order valence-corrected chi connectivity index (χ1v) is 7.65. The van der Waals surface area contributed by atoms with Crippen molar-refractivity contribution < 1.29 is 9.90 Å². The topological polar surface area (TPSA) is 58.4 Å². The first kappa shape index (κ1) is 14.6. The van der Waals surface area contributed by atoms with Crippen LogP contribution < -0.4 is 4.90 Å². The Morgan fingerprint density at radius 1 is 1.14 bits per heavy atom. The first-order chi connectivity index (χ1) is 10.6. The number of carbonyl (C=O) groups is 1. The molecule has 2 aromatic heterocycles. The van der Waals surface area contributed by atoms with Gasteiger partial charge in [0, 0.05) is 24.5 Å². The van der Waals surface area contributed by atoms with Crippen molar-refractivity contribution >= 4 is 11.8 Å². The van der Waals surface area contributed by atoms with E-state index in [1.54, 1.807) is 0 Å². The monoisotopic (exact) mass is 299 g/mol. The van der Waals surface area contributed by atoms with Crippen LogP contribution in [0, 0.1) is 19.8 Å². The highest BCUT2D eigenvalue weighted by molar-refractivity contribution is 5.70. The number of anilines is 1. The van der Waals surface area contributed by atoms with E-state index in [2.05, 4.69) is 46.5 Å². The van der Waals surface area contributed by atoms with Gasteiger partial charge in [-0.3, -0.25) is 4.79 Å². The summed E-state index contributed by atoms with van der Waals surface area (Å²) in [5.74, 6) is 0.0391. The van der Waals surface area contributed by atoms with Gasteiger partial charge in [-0.05, 0) is 51.0 Å². The van der Waals surface area contributed by atoms with Crippen molar-refractivity contribution in [1.29, 1.82) is 0 Å². The zero-order chi connectivity index (χ0) is 15.7. The van der Waals surface area contributed by atoms with Gasteiger partial charge >= 0.3 is 5.97 Å². The van der Waals surface area contributed by atoms with Gasteiger partial charge in [-0.2, -0.15) is 0 Å². The van der Waals surface area contributed by atoms with Crippen molar-refractivity contribution in [3.8, 4) is 5.69 Å². The minimum Gasteiger partial charge on any atom is -0.481 e. The van der Waals surface area contributed by atoms with Gasteiger partial charge in [0.05, 0.1) is 17.8 Å². The lowest BCUT2D eigenvalue weighted by atomic mass is 9.97. The molecule has 5 heteroatoms. The van der Waals surface area contributed by atoms with E-state index >= 15 is 0 Å². The third kappa shape index (κ3) is 2.71. The second-order valence-electron chi connectivity index (χ2n) is 5.93. The molecular formula is C17H21N3O2. The van der Waals surface area contributed by atoms with Crippen molar-refractivity contribution in [2.75, 3.05) is 18.0 Å². The van der Waals surface area contributed by atoms with Gasteiger partial charge in [-0.15, -0.1) is 0 Å². The van der Waals surface area contributed by atoms with E-state index in [-0.39, 0.29) is 5.92 Å². The maximum Gasteiger partial charge on any atom is 0.306 e. The molecule has 22 heavy (non-hydrogen) atoms. The Labute approximate surface area is 130 Å². The lowest BCUT2D eigenvalue weighted by Crippen LogP contribution is -2.36. The van der Waals surface area contributed by atoms with Crippen LogP contribution in [0.3, 0.4) is 0 Å². The third-order valence-electron chi connectivity index (χ3n) is 4.43. The Morgan fingerprint density at radius 2 is 1.77 bits per heavy atom. The minimum absolute atomic E-state index is 0.208. The Hall–Kier alpha value is -2.30. The van der Waals surface area contributed by atoms with Crippen LogP contribution in [-0.2, 0) is 4.79 Å². The summed E-state index contributed by atoms with van der Waals surface area (Å²) in [7, 11) is 0. The predicted octanol–water partition coefficient (Wildman–Crippen LogP) is 2.79. The average Bonchev–Trinajstić information content (AvgIpc) is 2.86. The third-order valence-corrected chi connectivity index (χ3v) is 4.43. The molecule has 1 aliphatic heterocycles. The molecule has 0 aliphatic carbocycles. The summed E-state index contributed by atoms with van der Waals surface area (Å²) in [5, 5.41) is 9.05. The molecule has 1 fully saturated rings. The average molecular weight is 299 g/mol. The molecule has 5 nitrogen and oxygen atoms in total. The molecule has 0 amide bonds. The number of carboxylic acid groups (broad SMARTS) is 1. The van der Waals surface area contributed by atoms with Crippen LogP contribution in [0.5, 0.6) is 0 Å². The maximum atomic E-state index is 11.0. The fourth-order valence-electron chi connectivity index (χ4n) is 3.13. The van der Waals surface area contributed by atoms with Crippen LogP contribution in [0.2, 0.25) is 0 Å². The van der Waals surface area contributed by atoms with Crippen molar-refractivity contribution in [2.24, 2.45) is 5.92 Å². The summed E-state index contributed by atoms with van der Waals surface area (Å²) < 4.78 is 2.17. The van der Waals surface area contributed by atoms with E-state index in [0.717, 1.165) is 24.6 Å². The molecule has 1 N–H and O–H groups in total. The molecule has 0 saturated carbocycles. The molecule has 0 radical (unpaired) electrons. The number of piperidine rings is 1. The number of carboxylic acids is 1. The summed E-state index contributed by atoms with van der Waals surface area (Å²) in [6.45, 7) is 5.67. The minimum atomic E-state index is -0.679. The number of aryl methyl sites for hydroxylation is 2. The number of hydrogen-bond acceptors (Lipinski definition) is 3. The molecule has 1 saturated heterocycles. The summed E-state index contributed by atoms with van der Waals surface area (Å²) in [6, 6.07) is 8.29. The number of aromatic nitrogens is 2. The second kappa shape index (κ2) is 5.83. The number of pyridine rings is 1. The van der Waals surface area contributed by atoms with Gasteiger partial charge in [0.15, 0.2) is 0 Å². The molecule has 0 spiro atoms. The van der Waals surface area contributed by atoms with Crippen molar-refractivity contribution in [2.45, 2.75) is 26.7 Å². The summed E-state index contributed by atoms with van der Waals surface area (Å²) in [4.78, 5) is 17.7. The molecule has 0 unspecified atom stereocenters. The SMILES string of the molecule is Cc1ccc(C)n1-c1ccc(N2CCC(C(=O)O)CC2)nc1. The first-order valence-electron chi connectivity index (χ1n) is 7.65. The maximum absolute atomic E-state index is 11.0. The van der Waals surface area contributed by atoms with Gasteiger partial charge < -0.3 is 14.6 Å². The van der Waals surface area contributed by atoms with Gasteiger partial charge in [0.25, 0.3) is 0 Å². The fraction of sp³-hybridized carbons (Fsp3) is 0.412. The number of aliphatic carboxylic acids is 1. The smallest absolute Gasteiger partial charge is 0.306 e. The molecular weight excluding hydrogens is 278 g/mol. The van der Waals surface area contributed by atoms with E-state index in [4.69, 9.17) is 5.11 Å². The molecule has 0 aromatic carbocycles. The van der Waals surface area contributed by atoms with E-state index in [1.165, 1.54) is 11.4 Å². The number of nitrogens with zero attached hydrogens (tertiary/aromatic N) is 3. The summed E-state index contributed by atoms with van der Waals surface area (Å²) >= 11 is 0. The zero-order valence-corrected chi connectivity index (χ0v) is 13.0. The van der Waals surface area contributed by atoms with Crippen LogP contribution in [0.4, 0.5) is 5.82 Å². The van der Waals surface area contributed by atoms with Gasteiger partial charge in [-0.25, -0.2) is 4.98 Å². The lowest BCUT2D eigenvalue weighted by Gasteiger charge is -2.31. The lowest BCUT2D eigenvalue weighted by molar-refractivity contribution is -0.142.